The van der Waals surface area contributed by atoms with Crippen molar-refractivity contribution in [2.45, 2.75) is 47.5 Å². The molecule has 0 bridgehead atoms. The Morgan fingerprint density at radius 2 is 1.68 bits per heavy atom. The molecule has 0 unspecified atom stereocenters. The van der Waals surface area contributed by atoms with Crippen molar-refractivity contribution in [1.29, 1.82) is 0 Å². The second-order valence-electron chi connectivity index (χ2n) is 6.67. The Kier molecular flexibility index (Phi) is 7.12. The van der Waals surface area contributed by atoms with E-state index in [1.165, 1.54) is 24.1 Å². The third kappa shape index (κ3) is 5.37. The monoisotopic (exact) mass is 360 g/mol. The maximum absolute atomic E-state index is 6.11. The van der Waals surface area contributed by atoms with Crippen LogP contribution in [-0.2, 0) is 0 Å². The lowest BCUT2D eigenvalue weighted by atomic mass is 10.1. The first-order chi connectivity index (χ1) is 11.9. The first-order valence-corrected chi connectivity index (χ1v) is 9.38. The van der Waals surface area contributed by atoms with E-state index in [4.69, 9.17) is 16.3 Å². The molecule has 0 aliphatic carbocycles. The van der Waals surface area contributed by atoms with Crippen LogP contribution in [0.4, 0.5) is 5.69 Å². The predicted molar refractivity (Wildman–Crippen MR) is 107 cm³/mol. The molecule has 4 heteroatoms. The zero-order valence-electron chi connectivity index (χ0n) is 16.0. The standard InChI is InChI=1S/C21H29ClN2O/c1-6-7-8-24(20-13-18(5)23-14-17(20)4)9-10-25-21-15(2)11-19(22)12-16(21)3/h11-14H,6-10H2,1-5H3. The Morgan fingerprint density at radius 1 is 1.00 bits per heavy atom. The number of halogens is 1. The second-order valence-corrected chi connectivity index (χ2v) is 7.11. The molecule has 1 aromatic heterocycles. The van der Waals surface area contributed by atoms with Crippen molar-refractivity contribution in [2.75, 3.05) is 24.6 Å². The maximum Gasteiger partial charge on any atom is 0.125 e. The average molecular weight is 361 g/mol. The maximum atomic E-state index is 6.11. The number of unbranched alkanes of at least 4 members (excludes halogenated alkanes) is 1. The summed E-state index contributed by atoms with van der Waals surface area (Å²) in [4.78, 5) is 6.80. The van der Waals surface area contributed by atoms with Crippen LogP contribution >= 0.6 is 11.6 Å². The number of anilines is 1. The minimum absolute atomic E-state index is 0.647. The summed E-state index contributed by atoms with van der Waals surface area (Å²) in [7, 11) is 0. The van der Waals surface area contributed by atoms with Gasteiger partial charge in [0.05, 0.1) is 6.54 Å². The normalized spacial score (nSPS) is 10.8. The molecular weight excluding hydrogens is 332 g/mol. The number of benzene rings is 1. The van der Waals surface area contributed by atoms with Gasteiger partial charge in [0.1, 0.15) is 12.4 Å². The summed E-state index contributed by atoms with van der Waals surface area (Å²) in [5.41, 5.74) is 5.68. The van der Waals surface area contributed by atoms with Gasteiger partial charge in [0, 0.05) is 29.1 Å². The molecule has 2 aromatic rings. The van der Waals surface area contributed by atoms with Crippen LogP contribution in [0.25, 0.3) is 0 Å². The van der Waals surface area contributed by atoms with Gasteiger partial charge in [-0.2, -0.15) is 0 Å². The summed E-state index contributed by atoms with van der Waals surface area (Å²) in [5.74, 6) is 0.947. The largest absolute Gasteiger partial charge is 0.491 e. The molecule has 0 aliphatic heterocycles. The Bertz CT molecular complexity index is 692. The van der Waals surface area contributed by atoms with Gasteiger partial charge in [0.15, 0.2) is 0 Å². The van der Waals surface area contributed by atoms with Crippen LogP contribution < -0.4 is 9.64 Å². The Hall–Kier alpha value is -1.74. The quantitative estimate of drug-likeness (QED) is 0.607. The van der Waals surface area contributed by atoms with Gasteiger partial charge >= 0.3 is 0 Å². The number of hydrogen-bond acceptors (Lipinski definition) is 3. The highest BCUT2D eigenvalue weighted by Crippen LogP contribution is 2.27. The molecule has 25 heavy (non-hydrogen) atoms. The third-order valence-electron chi connectivity index (χ3n) is 4.37. The van der Waals surface area contributed by atoms with Crippen molar-refractivity contribution in [3.8, 4) is 5.75 Å². The van der Waals surface area contributed by atoms with Crippen molar-refractivity contribution in [3.63, 3.8) is 0 Å². The lowest BCUT2D eigenvalue weighted by Gasteiger charge is -2.27. The molecular formula is C21H29ClN2O. The molecule has 0 atom stereocenters. The first kappa shape index (κ1) is 19.6. The van der Waals surface area contributed by atoms with E-state index in [2.05, 4.69) is 29.8 Å². The highest BCUT2D eigenvalue weighted by Gasteiger charge is 2.11. The van der Waals surface area contributed by atoms with Crippen LogP contribution in [0, 0.1) is 27.7 Å². The zero-order chi connectivity index (χ0) is 18.4. The molecule has 0 saturated heterocycles. The van der Waals surface area contributed by atoms with Gasteiger partial charge in [-0.15, -0.1) is 0 Å². The van der Waals surface area contributed by atoms with E-state index < -0.39 is 0 Å². The molecule has 136 valence electrons. The fourth-order valence-electron chi connectivity index (χ4n) is 3.04. The zero-order valence-corrected chi connectivity index (χ0v) is 16.8. The van der Waals surface area contributed by atoms with Crippen LogP contribution in [0.2, 0.25) is 5.02 Å². The van der Waals surface area contributed by atoms with Crippen molar-refractivity contribution in [3.05, 3.63) is 51.8 Å². The molecule has 1 heterocycles. The Morgan fingerprint density at radius 3 is 2.32 bits per heavy atom. The Balaban J connectivity index is 2.09. The first-order valence-electron chi connectivity index (χ1n) is 9.00. The van der Waals surface area contributed by atoms with Crippen molar-refractivity contribution in [2.24, 2.45) is 0 Å². The molecule has 1 aromatic carbocycles. The van der Waals surface area contributed by atoms with Crippen LogP contribution in [0.15, 0.2) is 24.4 Å². The minimum Gasteiger partial charge on any atom is -0.491 e. The van der Waals surface area contributed by atoms with Crippen LogP contribution in [0.1, 0.15) is 42.1 Å². The second kappa shape index (κ2) is 9.10. The van der Waals surface area contributed by atoms with E-state index in [1.54, 1.807) is 0 Å². The van der Waals surface area contributed by atoms with Gasteiger partial charge in [-0.05, 0) is 69.0 Å². The smallest absolute Gasteiger partial charge is 0.125 e. The number of aryl methyl sites for hydroxylation is 4. The van der Waals surface area contributed by atoms with E-state index in [0.29, 0.717) is 6.61 Å². The summed E-state index contributed by atoms with van der Waals surface area (Å²) in [5, 5.41) is 0.759. The summed E-state index contributed by atoms with van der Waals surface area (Å²) in [6.07, 6.45) is 4.30. The lowest BCUT2D eigenvalue weighted by Crippen LogP contribution is -2.30. The fourth-order valence-corrected chi connectivity index (χ4v) is 3.37. The van der Waals surface area contributed by atoms with Gasteiger partial charge < -0.3 is 9.64 Å². The number of ether oxygens (including phenoxy) is 1. The third-order valence-corrected chi connectivity index (χ3v) is 4.58. The average Bonchev–Trinajstić information content (AvgIpc) is 2.55. The molecule has 3 nitrogen and oxygen atoms in total. The minimum atomic E-state index is 0.647. The molecule has 0 saturated carbocycles. The highest BCUT2D eigenvalue weighted by atomic mass is 35.5. The summed E-state index contributed by atoms with van der Waals surface area (Å²) in [6.45, 7) is 13.0. The molecule has 0 amide bonds. The molecule has 0 radical (unpaired) electrons. The van der Waals surface area contributed by atoms with Crippen LogP contribution in [0.3, 0.4) is 0 Å². The number of nitrogens with zero attached hydrogens (tertiary/aromatic N) is 2. The van der Waals surface area contributed by atoms with Gasteiger partial charge in [-0.25, -0.2) is 0 Å². The van der Waals surface area contributed by atoms with E-state index in [1.807, 2.05) is 39.1 Å². The molecule has 0 aliphatic rings. The van der Waals surface area contributed by atoms with Crippen molar-refractivity contribution < 1.29 is 4.74 Å². The van der Waals surface area contributed by atoms with Gasteiger partial charge in [-0.3, -0.25) is 4.98 Å². The Labute approximate surface area is 157 Å². The van der Waals surface area contributed by atoms with Crippen molar-refractivity contribution >= 4 is 17.3 Å². The fraction of sp³-hybridized carbons (Fsp3) is 0.476. The van der Waals surface area contributed by atoms with Gasteiger partial charge in [0.25, 0.3) is 0 Å². The number of hydrogen-bond donors (Lipinski definition) is 0. The number of pyridine rings is 1. The summed E-state index contributed by atoms with van der Waals surface area (Å²) < 4.78 is 6.11. The van der Waals surface area contributed by atoms with E-state index in [9.17, 15) is 0 Å². The summed E-state index contributed by atoms with van der Waals surface area (Å²) >= 11 is 6.11. The molecule has 2 rings (SSSR count). The molecule has 0 spiro atoms. The molecule has 0 N–H and O–H groups in total. The van der Waals surface area contributed by atoms with E-state index in [0.717, 1.165) is 40.7 Å². The lowest BCUT2D eigenvalue weighted by molar-refractivity contribution is 0.319. The van der Waals surface area contributed by atoms with E-state index >= 15 is 0 Å². The highest BCUT2D eigenvalue weighted by molar-refractivity contribution is 6.30. The van der Waals surface area contributed by atoms with Gasteiger partial charge in [0.2, 0.25) is 0 Å². The molecule has 0 fully saturated rings. The predicted octanol–water partition coefficient (Wildman–Crippen LogP) is 5.65. The van der Waals surface area contributed by atoms with Gasteiger partial charge in [-0.1, -0.05) is 24.9 Å². The number of rotatable bonds is 8. The SMILES string of the molecule is CCCCN(CCOc1c(C)cc(Cl)cc1C)c1cc(C)ncc1C. The van der Waals surface area contributed by atoms with E-state index in [-0.39, 0.29) is 0 Å². The summed E-state index contributed by atoms with van der Waals surface area (Å²) in [6, 6.07) is 6.08. The van der Waals surface area contributed by atoms with Crippen molar-refractivity contribution in [1.82, 2.24) is 4.98 Å². The van der Waals surface area contributed by atoms with Crippen LogP contribution in [-0.4, -0.2) is 24.7 Å². The number of aromatic nitrogens is 1. The topological polar surface area (TPSA) is 25.4 Å². The van der Waals surface area contributed by atoms with Crippen LogP contribution in [0.5, 0.6) is 5.75 Å².